The van der Waals surface area contributed by atoms with Crippen molar-refractivity contribution in [1.82, 2.24) is 5.43 Å². The van der Waals surface area contributed by atoms with Crippen molar-refractivity contribution in [3.63, 3.8) is 0 Å². The Labute approximate surface area is 148 Å². The molecule has 5 nitrogen and oxygen atoms in total. The smallest absolute Gasteiger partial charge is 0.271 e. The summed E-state index contributed by atoms with van der Waals surface area (Å²) in [6.45, 7) is 0.0925. The minimum Gasteiger partial charge on any atom is -0.493 e. The molecule has 0 spiro atoms. The first-order valence-corrected chi connectivity index (χ1v) is 7.77. The lowest BCUT2D eigenvalue weighted by Gasteiger charge is -2.12. The first-order chi connectivity index (χ1) is 11.7. The van der Waals surface area contributed by atoms with E-state index in [1.54, 1.807) is 36.4 Å². The number of carbonyl (C=O) groups excluding carboxylic acids is 1. The maximum absolute atomic E-state index is 12.0. The Morgan fingerprint density at radius 3 is 2.79 bits per heavy atom. The molecule has 0 heterocycles. The van der Waals surface area contributed by atoms with E-state index < -0.39 is 0 Å². The summed E-state index contributed by atoms with van der Waals surface area (Å²) >= 11 is 3.39. The molecule has 24 heavy (non-hydrogen) atoms. The minimum absolute atomic E-state index is 0.0925. The average molecular weight is 387 g/mol. The van der Waals surface area contributed by atoms with Crippen molar-refractivity contribution in [2.45, 2.75) is 0 Å². The molecule has 0 unspecified atom stereocenters. The van der Waals surface area contributed by atoms with Gasteiger partial charge in [-0.15, -0.1) is 6.42 Å². The van der Waals surface area contributed by atoms with Gasteiger partial charge < -0.3 is 9.47 Å². The number of methoxy groups -OCH3 is 1. The molecule has 1 amide bonds. The number of halogens is 1. The Hall–Kier alpha value is -2.78. The fourth-order valence-corrected chi connectivity index (χ4v) is 2.37. The number of hydrogen-bond donors (Lipinski definition) is 1. The zero-order valence-electron chi connectivity index (χ0n) is 13.0. The zero-order valence-corrected chi connectivity index (χ0v) is 14.5. The quantitative estimate of drug-likeness (QED) is 0.470. The second-order valence-corrected chi connectivity index (χ2v) is 5.50. The summed E-state index contributed by atoms with van der Waals surface area (Å²) in [7, 11) is 1.53. The van der Waals surface area contributed by atoms with Gasteiger partial charge in [-0.1, -0.05) is 40.0 Å². The molecule has 1 N–H and O–H groups in total. The van der Waals surface area contributed by atoms with Crippen molar-refractivity contribution in [3.05, 3.63) is 58.1 Å². The van der Waals surface area contributed by atoms with Crippen molar-refractivity contribution in [1.29, 1.82) is 0 Å². The molecular weight excluding hydrogens is 372 g/mol. The molecule has 0 fully saturated rings. The molecule has 0 aromatic heterocycles. The predicted molar refractivity (Wildman–Crippen MR) is 96.5 cm³/mol. The third kappa shape index (κ3) is 4.61. The standard InChI is InChI=1S/C18H15BrN2O3/c1-3-9-24-17-14(10-15(19)11-16(17)23-2)12-20-21-18(22)13-7-5-4-6-8-13/h1,4-8,10-12H,9H2,2H3,(H,21,22)/b20-12+. The normalized spacial score (nSPS) is 10.2. The molecular formula is C18H15BrN2O3. The van der Waals surface area contributed by atoms with Gasteiger partial charge in [-0.2, -0.15) is 5.10 Å². The van der Waals surface area contributed by atoms with Gasteiger partial charge in [0.05, 0.1) is 13.3 Å². The maximum Gasteiger partial charge on any atom is 0.271 e. The Balaban J connectivity index is 2.20. The van der Waals surface area contributed by atoms with Crippen LogP contribution >= 0.6 is 15.9 Å². The Morgan fingerprint density at radius 1 is 1.38 bits per heavy atom. The Morgan fingerprint density at radius 2 is 2.12 bits per heavy atom. The van der Waals surface area contributed by atoms with Crippen LogP contribution in [0.4, 0.5) is 0 Å². The summed E-state index contributed by atoms with van der Waals surface area (Å²) in [4.78, 5) is 12.0. The molecule has 2 rings (SSSR count). The zero-order chi connectivity index (χ0) is 17.4. The molecule has 0 aliphatic heterocycles. The molecule has 0 radical (unpaired) electrons. The SMILES string of the molecule is C#CCOc1c(/C=N/NC(=O)c2ccccc2)cc(Br)cc1OC. The average Bonchev–Trinajstić information content (AvgIpc) is 2.61. The van der Waals surface area contributed by atoms with Crippen LogP contribution in [-0.2, 0) is 0 Å². The molecule has 0 saturated carbocycles. The van der Waals surface area contributed by atoms with Crippen molar-refractivity contribution in [3.8, 4) is 23.8 Å². The van der Waals surface area contributed by atoms with E-state index in [1.165, 1.54) is 13.3 Å². The third-order valence-electron chi connectivity index (χ3n) is 2.97. The van der Waals surface area contributed by atoms with Crippen molar-refractivity contribution >= 4 is 28.1 Å². The van der Waals surface area contributed by atoms with E-state index >= 15 is 0 Å². The van der Waals surface area contributed by atoms with Gasteiger partial charge in [0.2, 0.25) is 0 Å². The van der Waals surface area contributed by atoms with E-state index in [0.29, 0.717) is 22.6 Å². The number of carbonyl (C=O) groups is 1. The van der Waals surface area contributed by atoms with E-state index in [2.05, 4.69) is 32.4 Å². The largest absolute Gasteiger partial charge is 0.493 e. The molecule has 0 aliphatic rings. The lowest BCUT2D eigenvalue weighted by atomic mass is 10.2. The molecule has 0 aliphatic carbocycles. The summed E-state index contributed by atoms with van der Waals surface area (Å²) in [5.41, 5.74) is 3.60. The molecule has 2 aromatic rings. The van der Waals surface area contributed by atoms with Crippen LogP contribution in [0.2, 0.25) is 0 Å². The molecule has 122 valence electrons. The molecule has 0 atom stereocenters. The second-order valence-electron chi connectivity index (χ2n) is 4.58. The fourth-order valence-electron chi connectivity index (χ4n) is 1.92. The monoisotopic (exact) mass is 386 g/mol. The van der Waals surface area contributed by atoms with Crippen LogP contribution in [0.5, 0.6) is 11.5 Å². The van der Waals surface area contributed by atoms with Gasteiger partial charge in [0, 0.05) is 15.6 Å². The van der Waals surface area contributed by atoms with E-state index in [1.807, 2.05) is 6.07 Å². The van der Waals surface area contributed by atoms with E-state index in [-0.39, 0.29) is 12.5 Å². The second kappa shape index (κ2) is 8.75. The third-order valence-corrected chi connectivity index (χ3v) is 3.43. The highest BCUT2D eigenvalue weighted by Gasteiger charge is 2.11. The highest BCUT2D eigenvalue weighted by atomic mass is 79.9. The topological polar surface area (TPSA) is 59.9 Å². The van der Waals surface area contributed by atoms with Crippen molar-refractivity contribution in [2.24, 2.45) is 5.10 Å². The van der Waals surface area contributed by atoms with Crippen LogP contribution in [0.1, 0.15) is 15.9 Å². The van der Waals surface area contributed by atoms with Crippen LogP contribution in [0.15, 0.2) is 52.0 Å². The first kappa shape index (κ1) is 17.6. The van der Waals surface area contributed by atoms with Crippen LogP contribution in [-0.4, -0.2) is 25.8 Å². The predicted octanol–water partition coefficient (Wildman–Crippen LogP) is 3.23. The fraction of sp³-hybridized carbons (Fsp3) is 0.111. The Bertz CT molecular complexity index is 783. The number of ether oxygens (including phenoxy) is 2. The van der Waals surface area contributed by atoms with Crippen molar-refractivity contribution < 1.29 is 14.3 Å². The Kier molecular flexibility index (Phi) is 6.41. The highest BCUT2D eigenvalue weighted by Crippen LogP contribution is 2.33. The van der Waals surface area contributed by atoms with Gasteiger partial charge in [0.25, 0.3) is 5.91 Å². The van der Waals surface area contributed by atoms with E-state index in [4.69, 9.17) is 15.9 Å². The summed E-state index contributed by atoms with van der Waals surface area (Å²) in [5.74, 6) is 3.06. The molecule has 0 bridgehead atoms. The minimum atomic E-state index is -0.306. The van der Waals surface area contributed by atoms with Gasteiger partial charge in [-0.25, -0.2) is 5.43 Å². The van der Waals surface area contributed by atoms with Gasteiger partial charge >= 0.3 is 0 Å². The van der Waals surface area contributed by atoms with Crippen LogP contribution in [0.3, 0.4) is 0 Å². The number of hydrogen-bond acceptors (Lipinski definition) is 4. The molecule has 6 heteroatoms. The van der Waals surface area contributed by atoms with Crippen LogP contribution < -0.4 is 14.9 Å². The van der Waals surface area contributed by atoms with Crippen LogP contribution in [0.25, 0.3) is 0 Å². The lowest BCUT2D eigenvalue weighted by Crippen LogP contribution is -2.17. The summed E-state index contributed by atoms with van der Waals surface area (Å²) in [6.07, 6.45) is 6.71. The first-order valence-electron chi connectivity index (χ1n) is 6.98. The van der Waals surface area contributed by atoms with Gasteiger partial charge in [-0.3, -0.25) is 4.79 Å². The maximum atomic E-state index is 12.0. The number of hydrazone groups is 1. The number of terminal acetylenes is 1. The van der Waals surface area contributed by atoms with E-state index in [0.717, 1.165) is 4.47 Å². The number of nitrogens with zero attached hydrogens (tertiary/aromatic N) is 1. The van der Waals surface area contributed by atoms with Gasteiger partial charge in [0.1, 0.15) is 6.61 Å². The number of nitrogens with one attached hydrogen (secondary N) is 1. The summed E-state index contributed by atoms with van der Waals surface area (Å²) in [5, 5.41) is 3.97. The molecule has 0 saturated heterocycles. The number of amides is 1. The van der Waals surface area contributed by atoms with Gasteiger partial charge in [-0.05, 0) is 24.3 Å². The number of benzene rings is 2. The highest BCUT2D eigenvalue weighted by molar-refractivity contribution is 9.10. The summed E-state index contributed by atoms with van der Waals surface area (Å²) < 4.78 is 11.6. The lowest BCUT2D eigenvalue weighted by molar-refractivity contribution is 0.0955. The molecule has 2 aromatic carbocycles. The summed E-state index contributed by atoms with van der Waals surface area (Å²) in [6, 6.07) is 12.3. The van der Waals surface area contributed by atoms with Crippen molar-refractivity contribution in [2.75, 3.05) is 13.7 Å². The van der Waals surface area contributed by atoms with E-state index in [9.17, 15) is 4.79 Å². The van der Waals surface area contributed by atoms with Crippen LogP contribution in [0, 0.1) is 12.3 Å². The number of rotatable bonds is 6. The van der Waals surface area contributed by atoms with Gasteiger partial charge in [0.15, 0.2) is 11.5 Å².